The van der Waals surface area contributed by atoms with Crippen molar-refractivity contribution in [3.05, 3.63) is 66.5 Å². The highest BCUT2D eigenvalue weighted by molar-refractivity contribution is 8.00. The molecule has 2 N–H and O–H groups in total. The van der Waals surface area contributed by atoms with Crippen LogP contribution in [-0.2, 0) is 4.79 Å². The number of para-hydroxylation sites is 2. The number of thioether (sulfide) groups is 1. The number of aromatic amines is 1. The lowest BCUT2D eigenvalue weighted by Gasteiger charge is -2.17. The maximum atomic E-state index is 12.9. The summed E-state index contributed by atoms with van der Waals surface area (Å²) in [5, 5.41) is 9.70. The molecule has 25 heavy (non-hydrogen) atoms. The highest BCUT2D eigenvalue weighted by atomic mass is 32.2. The van der Waals surface area contributed by atoms with Gasteiger partial charge in [0, 0.05) is 0 Å². The molecule has 0 aliphatic heterocycles. The molecular formula is C18H18N4O2S. The van der Waals surface area contributed by atoms with E-state index in [1.165, 1.54) is 18.1 Å². The first kappa shape index (κ1) is 17.0. The van der Waals surface area contributed by atoms with Crippen molar-refractivity contribution >= 4 is 23.4 Å². The molecule has 0 bridgehead atoms. The van der Waals surface area contributed by atoms with Crippen molar-refractivity contribution in [1.82, 2.24) is 15.2 Å². The molecule has 6 nitrogen and oxygen atoms in total. The molecule has 0 spiro atoms. The van der Waals surface area contributed by atoms with Gasteiger partial charge in [0.25, 0.3) is 0 Å². The summed E-state index contributed by atoms with van der Waals surface area (Å²) < 4.78 is 5.58. The zero-order valence-electron chi connectivity index (χ0n) is 13.7. The predicted molar refractivity (Wildman–Crippen MR) is 97.7 cm³/mol. The van der Waals surface area contributed by atoms with Crippen LogP contribution in [0.4, 0.5) is 5.69 Å². The van der Waals surface area contributed by atoms with Gasteiger partial charge in [0.2, 0.25) is 5.91 Å². The Balaban J connectivity index is 1.84. The minimum Gasteiger partial charge on any atom is -0.492 e. The molecule has 2 aromatic carbocycles. The first-order chi connectivity index (χ1) is 12.3. The van der Waals surface area contributed by atoms with Crippen LogP contribution in [-0.4, -0.2) is 27.7 Å². The minimum absolute atomic E-state index is 0.153. The largest absolute Gasteiger partial charge is 0.492 e. The highest BCUT2D eigenvalue weighted by Crippen LogP contribution is 2.35. The number of aromatic nitrogens is 3. The second kappa shape index (κ2) is 8.34. The van der Waals surface area contributed by atoms with Crippen molar-refractivity contribution in [3.8, 4) is 5.75 Å². The molecule has 0 aliphatic rings. The number of hydrogen-bond donors (Lipinski definition) is 2. The van der Waals surface area contributed by atoms with Crippen molar-refractivity contribution in [1.29, 1.82) is 0 Å². The van der Waals surface area contributed by atoms with E-state index in [1.807, 2.05) is 61.5 Å². The van der Waals surface area contributed by atoms with Crippen molar-refractivity contribution < 1.29 is 9.53 Å². The summed E-state index contributed by atoms with van der Waals surface area (Å²) in [5.41, 5.74) is 1.53. The fourth-order valence-electron chi connectivity index (χ4n) is 2.31. The van der Waals surface area contributed by atoms with Crippen LogP contribution in [0.5, 0.6) is 5.75 Å². The first-order valence-electron chi connectivity index (χ1n) is 7.87. The molecule has 3 rings (SSSR count). The van der Waals surface area contributed by atoms with E-state index in [2.05, 4.69) is 20.5 Å². The number of H-pyrrole nitrogens is 1. The summed E-state index contributed by atoms with van der Waals surface area (Å²) in [5.74, 6) is 0.495. The fourth-order valence-corrected chi connectivity index (χ4v) is 3.21. The quantitative estimate of drug-likeness (QED) is 0.633. The number of carbonyl (C=O) groups is 1. The number of hydrogen-bond acceptors (Lipinski definition) is 5. The van der Waals surface area contributed by atoms with E-state index in [9.17, 15) is 4.79 Å². The third-order valence-corrected chi connectivity index (χ3v) is 4.55. The molecule has 1 aromatic heterocycles. The topological polar surface area (TPSA) is 79.9 Å². The number of ether oxygens (including phenoxy) is 1. The maximum Gasteiger partial charge on any atom is 0.242 e. The number of benzene rings is 2. The van der Waals surface area contributed by atoms with Crippen LogP contribution < -0.4 is 10.1 Å². The molecule has 128 valence electrons. The van der Waals surface area contributed by atoms with Crippen LogP contribution in [0.1, 0.15) is 17.7 Å². The van der Waals surface area contributed by atoms with Gasteiger partial charge < -0.3 is 10.1 Å². The Morgan fingerprint density at radius 3 is 2.68 bits per heavy atom. The van der Waals surface area contributed by atoms with Crippen molar-refractivity contribution in [2.24, 2.45) is 0 Å². The van der Waals surface area contributed by atoms with E-state index in [0.29, 0.717) is 23.2 Å². The molecule has 0 saturated carbocycles. The van der Waals surface area contributed by atoms with Gasteiger partial charge in [-0.1, -0.05) is 54.2 Å². The SMILES string of the molecule is CCOc1ccccc1NC(=O)[C@@H](Sc1ncn[nH]1)c1ccccc1. The summed E-state index contributed by atoms with van der Waals surface area (Å²) in [7, 11) is 0. The summed E-state index contributed by atoms with van der Waals surface area (Å²) in [4.78, 5) is 17.1. The van der Waals surface area contributed by atoms with E-state index >= 15 is 0 Å². The third-order valence-electron chi connectivity index (χ3n) is 3.41. The summed E-state index contributed by atoms with van der Waals surface area (Å²) >= 11 is 1.31. The molecule has 0 unspecified atom stereocenters. The average Bonchev–Trinajstić information content (AvgIpc) is 3.15. The smallest absolute Gasteiger partial charge is 0.242 e. The Morgan fingerprint density at radius 1 is 1.20 bits per heavy atom. The van der Waals surface area contributed by atoms with Gasteiger partial charge in [-0.3, -0.25) is 9.89 Å². The summed E-state index contributed by atoms with van der Waals surface area (Å²) in [6, 6.07) is 17.0. The number of rotatable bonds is 7. The zero-order chi connectivity index (χ0) is 17.5. The monoisotopic (exact) mass is 354 g/mol. The predicted octanol–water partition coefficient (Wildman–Crippen LogP) is 3.68. The van der Waals surface area contributed by atoms with Gasteiger partial charge in [0.15, 0.2) is 5.16 Å². The van der Waals surface area contributed by atoms with Crippen LogP contribution in [0.2, 0.25) is 0 Å². The molecule has 0 radical (unpaired) electrons. The Bertz CT molecular complexity index is 809. The van der Waals surface area contributed by atoms with Crippen LogP contribution in [0.25, 0.3) is 0 Å². The van der Waals surface area contributed by atoms with E-state index in [4.69, 9.17) is 4.74 Å². The van der Waals surface area contributed by atoms with Crippen molar-refractivity contribution in [2.75, 3.05) is 11.9 Å². The van der Waals surface area contributed by atoms with Gasteiger partial charge in [0.1, 0.15) is 17.3 Å². The van der Waals surface area contributed by atoms with Gasteiger partial charge >= 0.3 is 0 Å². The molecule has 1 atom stereocenters. The third kappa shape index (κ3) is 4.39. The van der Waals surface area contributed by atoms with Gasteiger partial charge in [-0.05, 0) is 24.6 Å². The Morgan fingerprint density at radius 2 is 1.96 bits per heavy atom. The van der Waals surface area contributed by atoms with Crippen LogP contribution in [0.15, 0.2) is 66.1 Å². The molecule has 0 saturated heterocycles. The Hall–Kier alpha value is -2.80. The Kier molecular flexibility index (Phi) is 5.69. The van der Waals surface area contributed by atoms with Gasteiger partial charge in [-0.2, -0.15) is 5.10 Å². The number of amides is 1. The lowest BCUT2D eigenvalue weighted by molar-refractivity contribution is -0.115. The fraction of sp³-hybridized carbons (Fsp3) is 0.167. The zero-order valence-corrected chi connectivity index (χ0v) is 14.5. The second-order valence-corrected chi connectivity index (χ2v) is 6.21. The van der Waals surface area contributed by atoms with Crippen molar-refractivity contribution in [2.45, 2.75) is 17.3 Å². The first-order valence-corrected chi connectivity index (χ1v) is 8.75. The number of nitrogens with zero attached hydrogens (tertiary/aromatic N) is 2. The average molecular weight is 354 g/mol. The minimum atomic E-state index is -0.469. The molecule has 0 fully saturated rings. The second-order valence-electron chi connectivity index (χ2n) is 5.12. The molecule has 3 aromatic rings. The van der Waals surface area contributed by atoms with Gasteiger partial charge in [-0.25, -0.2) is 4.98 Å². The summed E-state index contributed by atoms with van der Waals surface area (Å²) in [6.45, 7) is 2.44. The van der Waals surface area contributed by atoms with Crippen molar-refractivity contribution in [3.63, 3.8) is 0 Å². The highest BCUT2D eigenvalue weighted by Gasteiger charge is 2.24. The molecule has 7 heteroatoms. The maximum absolute atomic E-state index is 12.9. The lowest BCUT2D eigenvalue weighted by atomic mass is 10.1. The Labute approximate surface area is 150 Å². The molecule has 1 heterocycles. The molecule has 1 amide bonds. The van der Waals surface area contributed by atoms with Crippen LogP contribution in [0, 0.1) is 0 Å². The van der Waals surface area contributed by atoms with Gasteiger partial charge in [0.05, 0.1) is 12.3 Å². The van der Waals surface area contributed by atoms with E-state index < -0.39 is 5.25 Å². The van der Waals surface area contributed by atoms with E-state index in [0.717, 1.165) is 5.56 Å². The standard InChI is InChI=1S/C18H18N4O2S/c1-2-24-15-11-7-6-10-14(15)21-17(23)16(13-8-4-3-5-9-13)25-18-19-12-20-22-18/h3-12,16H,2H2,1H3,(H,21,23)(H,19,20,22)/t16-/m0/s1. The number of anilines is 1. The van der Waals surface area contributed by atoms with Crippen LogP contribution in [0.3, 0.4) is 0 Å². The summed E-state index contributed by atoms with van der Waals surface area (Å²) in [6.07, 6.45) is 1.42. The molecule has 0 aliphatic carbocycles. The van der Waals surface area contributed by atoms with Gasteiger partial charge in [-0.15, -0.1) is 0 Å². The van der Waals surface area contributed by atoms with E-state index in [-0.39, 0.29) is 5.91 Å². The molecular weight excluding hydrogens is 336 g/mol. The number of nitrogens with one attached hydrogen (secondary N) is 2. The number of carbonyl (C=O) groups excluding carboxylic acids is 1. The lowest BCUT2D eigenvalue weighted by Crippen LogP contribution is -2.19. The normalized spacial score (nSPS) is 11.7. The van der Waals surface area contributed by atoms with E-state index in [1.54, 1.807) is 0 Å². The van der Waals surface area contributed by atoms with Crippen LogP contribution >= 0.6 is 11.8 Å².